The van der Waals surface area contributed by atoms with Crippen LogP contribution in [0.5, 0.6) is 0 Å². The maximum atomic E-state index is 13.9. The van der Waals surface area contributed by atoms with Crippen LogP contribution in [0.3, 0.4) is 0 Å². The number of nitrogens with zero attached hydrogens (tertiary/aromatic N) is 2. The van der Waals surface area contributed by atoms with Crippen LogP contribution in [0.4, 0.5) is 17.6 Å². The summed E-state index contributed by atoms with van der Waals surface area (Å²) in [6.07, 6.45) is -2.58. The van der Waals surface area contributed by atoms with E-state index in [1.807, 2.05) is 0 Å². The summed E-state index contributed by atoms with van der Waals surface area (Å²) < 4.78 is 57.4. The number of ether oxygens (including phenoxy) is 1. The molecule has 0 amide bonds. The Kier molecular flexibility index (Phi) is 5.05. The van der Waals surface area contributed by atoms with Crippen molar-refractivity contribution < 1.29 is 22.3 Å². The zero-order valence-electron chi connectivity index (χ0n) is 11.1. The third-order valence-corrected chi connectivity index (χ3v) is 3.08. The smallest absolute Gasteiger partial charge is 0.261 e. The summed E-state index contributed by atoms with van der Waals surface area (Å²) >= 11 is 5.97. The Morgan fingerprint density at radius 3 is 2.67 bits per heavy atom. The molecule has 21 heavy (non-hydrogen) atoms. The number of hydrogen-bond acceptors (Lipinski definition) is 2. The van der Waals surface area contributed by atoms with Crippen molar-refractivity contribution in [2.45, 2.75) is 25.3 Å². The Labute approximate surface area is 123 Å². The molecule has 0 fully saturated rings. The molecule has 0 bridgehead atoms. The first-order valence-electron chi connectivity index (χ1n) is 6.26. The fourth-order valence-corrected chi connectivity index (χ4v) is 2.20. The third kappa shape index (κ3) is 3.47. The van der Waals surface area contributed by atoms with Gasteiger partial charge in [-0.25, -0.2) is 22.5 Å². The largest absolute Gasteiger partial charge is 0.374 e. The molecule has 1 aromatic carbocycles. The summed E-state index contributed by atoms with van der Waals surface area (Å²) in [5, 5.41) is -0.546. The first-order chi connectivity index (χ1) is 9.91. The van der Waals surface area contributed by atoms with Crippen molar-refractivity contribution in [3.05, 3.63) is 29.6 Å². The number of fused-ring (bicyclic) bond motifs is 1. The van der Waals surface area contributed by atoms with Crippen LogP contribution in [0.2, 0.25) is 0 Å². The lowest BCUT2D eigenvalue weighted by Gasteiger charge is -2.11. The van der Waals surface area contributed by atoms with Gasteiger partial charge in [-0.2, -0.15) is 0 Å². The van der Waals surface area contributed by atoms with Crippen LogP contribution in [0.15, 0.2) is 12.1 Å². The standard InChI is InChI=1S/C13H13ClF4N2O/c1-7(14)13-19-9-3-2-8(15)11(18)12(9)20(13)4-5-21-6-10(16)17/h2-3,7,10H,4-6H2,1H3. The third-order valence-electron chi connectivity index (χ3n) is 2.89. The molecular formula is C13H13ClF4N2O. The molecule has 1 unspecified atom stereocenters. The molecule has 0 saturated heterocycles. The van der Waals surface area contributed by atoms with Gasteiger partial charge in [0, 0.05) is 6.54 Å². The van der Waals surface area contributed by atoms with Crippen molar-refractivity contribution in [1.29, 1.82) is 0 Å². The fourth-order valence-electron chi connectivity index (χ4n) is 2.03. The number of halogens is 5. The van der Waals surface area contributed by atoms with Gasteiger partial charge in [-0.3, -0.25) is 0 Å². The molecule has 0 aliphatic carbocycles. The predicted molar refractivity (Wildman–Crippen MR) is 70.7 cm³/mol. The van der Waals surface area contributed by atoms with Crippen LogP contribution >= 0.6 is 11.6 Å². The lowest BCUT2D eigenvalue weighted by atomic mass is 10.3. The molecule has 0 aliphatic rings. The molecule has 116 valence electrons. The van der Waals surface area contributed by atoms with Gasteiger partial charge < -0.3 is 9.30 Å². The molecule has 8 heteroatoms. The van der Waals surface area contributed by atoms with E-state index in [1.165, 1.54) is 10.6 Å². The molecule has 0 saturated carbocycles. The highest BCUT2D eigenvalue weighted by molar-refractivity contribution is 6.20. The molecule has 1 atom stereocenters. The van der Waals surface area contributed by atoms with Crippen LogP contribution in [-0.2, 0) is 11.3 Å². The van der Waals surface area contributed by atoms with Crippen LogP contribution < -0.4 is 0 Å². The second-order valence-corrected chi connectivity index (χ2v) is 5.09. The van der Waals surface area contributed by atoms with Crippen LogP contribution in [0.1, 0.15) is 18.1 Å². The van der Waals surface area contributed by atoms with Crippen molar-refractivity contribution in [3.8, 4) is 0 Å². The highest BCUT2D eigenvalue weighted by atomic mass is 35.5. The molecule has 1 heterocycles. The van der Waals surface area contributed by atoms with Gasteiger partial charge in [-0.15, -0.1) is 11.6 Å². The number of hydrogen-bond donors (Lipinski definition) is 0. The quantitative estimate of drug-likeness (QED) is 0.458. The Morgan fingerprint density at radius 1 is 1.33 bits per heavy atom. The normalized spacial score (nSPS) is 13.3. The number of aromatic nitrogens is 2. The number of rotatable bonds is 6. The van der Waals surface area contributed by atoms with Gasteiger partial charge in [0.05, 0.1) is 17.5 Å². The van der Waals surface area contributed by atoms with Crippen molar-refractivity contribution >= 4 is 22.6 Å². The molecule has 0 spiro atoms. The van der Waals surface area contributed by atoms with E-state index >= 15 is 0 Å². The van der Waals surface area contributed by atoms with E-state index in [9.17, 15) is 17.6 Å². The second kappa shape index (κ2) is 6.62. The van der Waals surface area contributed by atoms with Crippen molar-refractivity contribution in [2.75, 3.05) is 13.2 Å². The van der Waals surface area contributed by atoms with Gasteiger partial charge in [0.1, 0.15) is 17.9 Å². The molecular weight excluding hydrogens is 312 g/mol. The summed E-state index contributed by atoms with van der Waals surface area (Å²) in [5.41, 5.74) is 0.211. The Hall–Kier alpha value is -1.34. The van der Waals surface area contributed by atoms with E-state index in [-0.39, 0.29) is 24.2 Å². The molecule has 0 radical (unpaired) electrons. The molecule has 3 nitrogen and oxygen atoms in total. The molecule has 0 aliphatic heterocycles. The Bertz CT molecular complexity index is 630. The van der Waals surface area contributed by atoms with Crippen molar-refractivity contribution in [2.24, 2.45) is 0 Å². The minimum absolute atomic E-state index is 0.0434. The van der Waals surface area contributed by atoms with Gasteiger partial charge in [0.15, 0.2) is 11.6 Å². The van der Waals surface area contributed by atoms with Gasteiger partial charge in [-0.1, -0.05) is 0 Å². The number of imidazole rings is 1. The maximum absolute atomic E-state index is 13.9. The Balaban J connectivity index is 2.34. The molecule has 1 aromatic heterocycles. The minimum atomic E-state index is -2.58. The summed E-state index contributed by atoms with van der Waals surface area (Å²) in [6.45, 7) is 0.890. The summed E-state index contributed by atoms with van der Waals surface area (Å²) in [6, 6.07) is 2.32. The predicted octanol–water partition coefficient (Wildman–Crippen LogP) is 3.90. The lowest BCUT2D eigenvalue weighted by Crippen LogP contribution is -2.13. The zero-order valence-corrected chi connectivity index (χ0v) is 11.9. The lowest BCUT2D eigenvalue weighted by molar-refractivity contribution is 0.0148. The van der Waals surface area contributed by atoms with E-state index in [0.29, 0.717) is 5.82 Å². The van der Waals surface area contributed by atoms with Gasteiger partial charge in [-0.05, 0) is 19.1 Å². The summed E-state index contributed by atoms with van der Waals surface area (Å²) in [5.74, 6) is -1.72. The SMILES string of the molecule is CC(Cl)c1nc2ccc(F)c(F)c2n1CCOCC(F)F. The van der Waals surface area contributed by atoms with Crippen LogP contribution in [-0.4, -0.2) is 29.2 Å². The van der Waals surface area contributed by atoms with Crippen molar-refractivity contribution in [1.82, 2.24) is 9.55 Å². The van der Waals surface area contributed by atoms with E-state index in [2.05, 4.69) is 4.98 Å². The second-order valence-electron chi connectivity index (χ2n) is 4.43. The average molecular weight is 325 g/mol. The summed E-state index contributed by atoms with van der Waals surface area (Å²) in [7, 11) is 0. The zero-order chi connectivity index (χ0) is 15.6. The highest BCUT2D eigenvalue weighted by Gasteiger charge is 2.19. The van der Waals surface area contributed by atoms with E-state index in [0.717, 1.165) is 6.07 Å². The van der Waals surface area contributed by atoms with Crippen molar-refractivity contribution in [3.63, 3.8) is 0 Å². The first-order valence-corrected chi connectivity index (χ1v) is 6.69. The Morgan fingerprint density at radius 2 is 2.05 bits per heavy atom. The van der Waals surface area contributed by atoms with Gasteiger partial charge in [0.2, 0.25) is 0 Å². The fraction of sp³-hybridized carbons (Fsp3) is 0.462. The number of benzene rings is 1. The molecule has 2 aromatic rings. The monoisotopic (exact) mass is 324 g/mol. The highest BCUT2D eigenvalue weighted by Crippen LogP contribution is 2.27. The average Bonchev–Trinajstić information content (AvgIpc) is 2.78. The topological polar surface area (TPSA) is 27.1 Å². The van der Waals surface area contributed by atoms with E-state index in [1.54, 1.807) is 6.92 Å². The maximum Gasteiger partial charge on any atom is 0.261 e. The number of alkyl halides is 3. The van der Waals surface area contributed by atoms with Gasteiger partial charge in [0.25, 0.3) is 6.43 Å². The minimum Gasteiger partial charge on any atom is -0.374 e. The molecule has 2 rings (SSSR count). The van der Waals surface area contributed by atoms with Crippen LogP contribution in [0.25, 0.3) is 11.0 Å². The van der Waals surface area contributed by atoms with E-state index in [4.69, 9.17) is 16.3 Å². The van der Waals surface area contributed by atoms with E-state index < -0.39 is 30.0 Å². The molecule has 0 N–H and O–H groups in total. The van der Waals surface area contributed by atoms with Crippen LogP contribution in [0, 0.1) is 11.6 Å². The first kappa shape index (κ1) is 16.0. The van der Waals surface area contributed by atoms with Gasteiger partial charge >= 0.3 is 0 Å². The summed E-state index contributed by atoms with van der Waals surface area (Å²) in [4.78, 5) is 4.15.